The van der Waals surface area contributed by atoms with Crippen LogP contribution in [0, 0.1) is 10.1 Å². The lowest BCUT2D eigenvalue weighted by molar-refractivity contribution is -0.384. The van der Waals surface area contributed by atoms with Gasteiger partial charge >= 0.3 is 11.7 Å². The van der Waals surface area contributed by atoms with Crippen LogP contribution >= 0.6 is 0 Å². The Morgan fingerprint density at radius 1 is 1.53 bits per heavy atom. The molecule has 1 saturated heterocycles. The molecule has 0 spiro atoms. The molecule has 100 valence electrons. The second kappa shape index (κ2) is 4.88. The quantitative estimate of drug-likeness (QED) is 0.564. The highest BCUT2D eigenvalue weighted by atomic mass is 16.6. The maximum absolute atomic E-state index is 11.3. The first-order valence-electron chi connectivity index (χ1n) is 5.39. The number of carboxylic acid groups (broad SMARTS) is 1. The van der Waals surface area contributed by atoms with Crippen molar-refractivity contribution in [2.24, 2.45) is 0 Å². The summed E-state index contributed by atoms with van der Waals surface area (Å²) in [4.78, 5) is 37.5. The van der Waals surface area contributed by atoms with E-state index in [0.29, 0.717) is 13.1 Å². The topological polar surface area (TPSA) is 126 Å². The predicted octanol–water partition coefficient (Wildman–Crippen LogP) is -0.376. The van der Waals surface area contributed by atoms with Crippen LogP contribution in [0.25, 0.3) is 0 Å². The van der Waals surface area contributed by atoms with Gasteiger partial charge in [-0.15, -0.1) is 0 Å². The minimum Gasteiger partial charge on any atom is -0.477 e. The third kappa shape index (κ3) is 2.59. The number of piperazine rings is 1. The fourth-order valence-electron chi connectivity index (χ4n) is 1.75. The van der Waals surface area contributed by atoms with E-state index in [1.165, 1.54) is 4.90 Å². The lowest BCUT2D eigenvalue weighted by Crippen LogP contribution is -2.48. The van der Waals surface area contributed by atoms with Gasteiger partial charge in [0.05, 0.1) is 11.5 Å². The van der Waals surface area contributed by atoms with Crippen molar-refractivity contribution < 1.29 is 19.6 Å². The fourth-order valence-corrected chi connectivity index (χ4v) is 1.75. The van der Waals surface area contributed by atoms with E-state index in [1.54, 1.807) is 0 Å². The minimum atomic E-state index is -1.28. The summed E-state index contributed by atoms with van der Waals surface area (Å²) in [5, 5.41) is 22.4. The lowest BCUT2D eigenvalue weighted by atomic mass is 10.2. The van der Waals surface area contributed by atoms with Crippen molar-refractivity contribution in [3.63, 3.8) is 0 Å². The number of hydrogen-bond acceptors (Lipinski definition) is 6. The first kappa shape index (κ1) is 12.7. The van der Waals surface area contributed by atoms with Crippen LogP contribution in [-0.2, 0) is 4.79 Å². The third-order valence-corrected chi connectivity index (χ3v) is 2.61. The molecular formula is C10H10N4O5. The summed E-state index contributed by atoms with van der Waals surface area (Å²) < 4.78 is 0. The zero-order chi connectivity index (χ0) is 14.0. The van der Waals surface area contributed by atoms with Gasteiger partial charge in [-0.3, -0.25) is 14.9 Å². The number of carbonyl (C=O) groups is 2. The van der Waals surface area contributed by atoms with E-state index < -0.39 is 10.9 Å². The molecule has 0 atom stereocenters. The van der Waals surface area contributed by atoms with Crippen molar-refractivity contribution in [3.8, 4) is 0 Å². The number of carboxylic acids is 1. The normalized spacial score (nSPS) is 14.9. The zero-order valence-corrected chi connectivity index (χ0v) is 9.70. The number of nitrogens with one attached hydrogen (secondary N) is 1. The molecule has 1 aliphatic heterocycles. The number of anilines is 1. The van der Waals surface area contributed by atoms with Gasteiger partial charge in [-0.05, 0) is 6.07 Å². The highest BCUT2D eigenvalue weighted by Gasteiger charge is 2.26. The fraction of sp³-hybridized carbons (Fsp3) is 0.300. The number of nitrogens with zero attached hydrogens (tertiary/aromatic N) is 3. The molecule has 19 heavy (non-hydrogen) atoms. The van der Waals surface area contributed by atoms with Gasteiger partial charge in [0, 0.05) is 19.2 Å². The molecule has 0 aromatic carbocycles. The van der Waals surface area contributed by atoms with Gasteiger partial charge < -0.3 is 15.3 Å². The Balaban J connectivity index is 2.45. The number of rotatable bonds is 3. The molecule has 1 aromatic rings. The SMILES string of the molecule is O=C1CN(c2nc(C(=O)O)ccc2[N+](=O)[O-])CCN1. The zero-order valence-electron chi connectivity index (χ0n) is 9.70. The number of nitro groups is 1. The highest BCUT2D eigenvalue weighted by Crippen LogP contribution is 2.26. The van der Waals surface area contributed by atoms with Gasteiger partial charge in [0.1, 0.15) is 0 Å². The van der Waals surface area contributed by atoms with Gasteiger partial charge in [-0.25, -0.2) is 9.78 Å². The van der Waals surface area contributed by atoms with Gasteiger partial charge in [0.25, 0.3) is 0 Å². The van der Waals surface area contributed by atoms with Crippen molar-refractivity contribution in [2.45, 2.75) is 0 Å². The molecular weight excluding hydrogens is 256 g/mol. The maximum atomic E-state index is 11.3. The van der Waals surface area contributed by atoms with Gasteiger partial charge in [-0.1, -0.05) is 0 Å². The molecule has 0 radical (unpaired) electrons. The van der Waals surface area contributed by atoms with Crippen molar-refractivity contribution in [1.82, 2.24) is 10.3 Å². The molecule has 2 rings (SSSR count). The summed E-state index contributed by atoms with van der Waals surface area (Å²) in [7, 11) is 0. The van der Waals surface area contributed by atoms with Crippen LogP contribution in [0.2, 0.25) is 0 Å². The van der Waals surface area contributed by atoms with Crippen molar-refractivity contribution in [1.29, 1.82) is 0 Å². The summed E-state index contributed by atoms with van der Waals surface area (Å²) in [6.07, 6.45) is 0. The smallest absolute Gasteiger partial charge is 0.354 e. The standard InChI is InChI=1S/C10H10N4O5/c15-8-5-13(4-3-11-8)9-7(14(18)19)2-1-6(12-9)10(16)17/h1-2H,3-5H2,(H,11,15)(H,16,17). The van der Waals surface area contributed by atoms with Crippen LogP contribution in [-0.4, -0.2) is 46.5 Å². The van der Waals surface area contributed by atoms with Crippen molar-refractivity contribution in [3.05, 3.63) is 27.9 Å². The molecule has 0 aliphatic carbocycles. The van der Waals surface area contributed by atoms with Gasteiger partial charge in [0.15, 0.2) is 5.69 Å². The van der Waals surface area contributed by atoms with Crippen LogP contribution in [0.4, 0.5) is 11.5 Å². The maximum Gasteiger partial charge on any atom is 0.354 e. The van der Waals surface area contributed by atoms with E-state index in [2.05, 4.69) is 10.3 Å². The van der Waals surface area contributed by atoms with Crippen LogP contribution in [0.15, 0.2) is 12.1 Å². The lowest BCUT2D eigenvalue weighted by Gasteiger charge is -2.27. The number of aromatic nitrogens is 1. The van der Waals surface area contributed by atoms with E-state index in [1.807, 2.05) is 0 Å². The number of amides is 1. The molecule has 1 fully saturated rings. The summed E-state index contributed by atoms with van der Waals surface area (Å²) in [6, 6.07) is 2.15. The summed E-state index contributed by atoms with van der Waals surface area (Å²) in [6.45, 7) is 0.578. The number of carbonyl (C=O) groups excluding carboxylic acids is 1. The number of aromatic carboxylic acids is 1. The Kier molecular flexibility index (Phi) is 3.27. The first-order chi connectivity index (χ1) is 8.99. The predicted molar refractivity (Wildman–Crippen MR) is 63.1 cm³/mol. The summed E-state index contributed by atoms with van der Waals surface area (Å²) in [5.74, 6) is -1.67. The van der Waals surface area contributed by atoms with E-state index >= 15 is 0 Å². The summed E-state index contributed by atoms with van der Waals surface area (Å²) >= 11 is 0. The number of hydrogen-bond donors (Lipinski definition) is 2. The van der Waals surface area contributed by atoms with Crippen LogP contribution in [0.3, 0.4) is 0 Å². The van der Waals surface area contributed by atoms with Crippen LogP contribution in [0.5, 0.6) is 0 Å². The van der Waals surface area contributed by atoms with Gasteiger partial charge in [-0.2, -0.15) is 0 Å². The minimum absolute atomic E-state index is 0.0864. The van der Waals surface area contributed by atoms with Crippen LogP contribution in [0.1, 0.15) is 10.5 Å². The monoisotopic (exact) mass is 266 g/mol. The molecule has 1 aliphatic rings. The van der Waals surface area contributed by atoms with Crippen molar-refractivity contribution in [2.75, 3.05) is 24.5 Å². The number of pyridine rings is 1. The van der Waals surface area contributed by atoms with E-state index in [9.17, 15) is 19.7 Å². The largest absolute Gasteiger partial charge is 0.477 e. The van der Waals surface area contributed by atoms with E-state index in [4.69, 9.17) is 5.11 Å². The second-order valence-electron chi connectivity index (χ2n) is 3.87. The average molecular weight is 266 g/mol. The van der Waals surface area contributed by atoms with Crippen molar-refractivity contribution >= 4 is 23.4 Å². The molecule has 0 bridgehead atoms. The Hall–Kier alpha value is -2.71. The van der Waals surface area contributed by atoms with E-state index in [0.717, 1.165) is 12.1 Å². The van der Waals surface area contributed by atoms with E-state index in [-0.39, 0.29) is 29.7 Å². The third-order valence-electron chi connectivity index (χ3n) is 2.61. The molecule has 9 heteroatoms. The molecule has 0 unspecified atom stereocenters. The molecule has 1 amide bonds. The Bertz CT molecular complexity index is 559. The molecule has 9 nitrogen and oxygen atoms in total. The Morgan fingerprint density at radius 3 is 2.84 bits per heavy atom. The molecule has 0 saturated carbocycles. The Morgan fingerprint density at radius 2 is 2.26 bits per heavy atom. The molecule has 2 N–H and O–H groups in total. The molecule has 2 heterocycles. The van der Waals surface area contributed by atoms with Crippen LogP contribution < -0.4 is 10.2 Å². The average Bonchev–Trinajstić information content (AvgIpc) is 2.37. The summed E-state index contributed by atoms with van der Waals surface area (Å²) in [5.41, 5.74) is -0.619. The molecule has 1 aromatic heterocycles. The Labute approximate surface area is 107 Å². The second-order valence-corrected chi connectivity index (χ2v) is 3.87. The van der Waals surface area contributed by atoms with Gasteiger partial charge in [0.2, 0.25) is 11.7 Å². The first-order valence-corrected chi connectivity index (χ1v) is 5.39. The highest BCUT2D eigenvalue weighted by molar-refractivity contribution is 5.87.